The standard InChI is InChI=1S/C17H34N4O.HI/c1-5-17(22,6-2)12-19-16(18-7-3)20-14-10-13(4)21(11-14)15-8-9-15;/h13-15,22H,5-12H2,1-4H3,(H2,18,19,20);1H. The second-order valence-corrected chi connectivity index (χ2v) is 6.98. The van der Waals surface area contributed by atoms with Crippen molar-refractivity contribution >= 4 is 29.9 Å². The lowest BCUT2D eigenvalue weighted by Crippen LogP contribution is -2.45. The van der Waals surface area contributed by atoms with Gasteiger partial charge in [0.2, 0.25) is 0 Å². The van der Waals surface area contributed by atoms with Gasteiger partial charge in [-0.3, -0.25) is 9.89 Å². The maximum atomic E-state index is 10.4. The first-order chi connectivity index (χ1) is 10.5. The average Bonchev–Trinajstić information content (AvgIpc) is 3.29. The largest absolute Gasteiger partial charge is 0.388 e. The van der Waals surface area contributed by atoms with Crippen molar-refractivity contribution in [1.82, 2.24) is 15.5 Å². The Morgan fingerprint density at radius 1 is 1.26 bits per heavy atom. The maximum absolute atomic E-state index is 10.4. The molecule has 5 nitrogen and oxygen atoms in total. The third kappa shape index (κ3) is 6.05. The number of nitrogens with one attached hydrogen (secondary N) is 2. The molecule has 136 valence electrons. The molecule has 1 heterocycles. The molecule has 0 aromatic carbocycles. The average molecular weight is 438 g/mol. The Hall–Kier alpha value is -0.0800. The zero-order chi connectivity index (χ0) is 16.2. The lowest BCUT2D eigenvalue weighted by Gasteiger charge is -2.24. The molecule has 1 saturated carbocycles. The van der Waals surface area contributed by atoms with Gasteiger partial charge in [-0.2, -0.15) is 0 Å². The highest BCUT2D eigenvalue weighted by atomic mass is 127. The SMILES string of the molecule is CCNC(=NCC(O)(CC)CC)NC1CC(C)N(C2CC2)C1.I. The zero-order valence-electron chi connectivity index (χ0n) is 15.1. The molecule has 6 heteroatoms. The van der Waals surface area contributed by atoms with Gasteiger partial charge in [-0.1, -0.05) is 13.8 Å². The van der Waals surface area contributed by atoms with E-state index in [1.54, 1.807) is 0 Å². The first-order valence-electron chi connectivity index (χ1n) is 9.04. The van der Waals surface area contributed by atoms with Crippen LogP contribution >= 0.6 is 24.0 Å². The molecule has 1 aliphatic heterocycles. The number of aliphatic hydroxyl groups is 1. The first kappa shape index (κ1) is 21.0. The van der Waals surface area contributed by atoms with Crippen molar-refractivity contribution in [3.63, 3.8) is 0 Å². The van der Waals surface area contributed by atoms with E-state index in [1.807, 2.05) is 13.8 Å². The predicted octanol–water partition coefficient (Wildman–Crippen LogP) is 2.34. The fourth-order valence-corrected chi connectivity index (χ4v) is 3.29. The van der Waals surface area contributed by atoms with E-state index >= 15 is 0 Å². The highest BCUT2D eigenvalue weighted by Crippen LogP contribution is 2.33. The smallest absolute Gasteiger partial charge is 0.191 e. The third-order valence-corrected chi connectivity index (χ3v) is 5.17. The Bertz CT molecular complexity index is 383. The number of likely N-dealkylation sites (tertiary alicyclic amines) is 1. The summed E-state index contributed by atoms with van der Waals surface area (Å²) >= 11 is 0. The van der Waals surface area contributed by atoms with Gasteiger partial charge in [0.05, 0.1) is 12.1 Å². The van der Waals surface area contributed by atoms with Gasteiger partial charge in [0.1, 0.15) is 0 Å². The van der Waals surface area contributed by atoms with Crippen LogP contribution in [0.3, 0.4) is 0 Å². The normalized spacial score (nSPS) is 26.0. The molecule has 3 N–H and O–H groups in total. The summed E-state index contributed by atoms with van der Waals surface area (Å²) in [5, 5.41) is 17.3. The Balaban J connectivity index is 0.00000264. The summed E-state index contributed by atoms with van der Waals surface area (Å²) < 4.78 is 0. The van der Waals surface area contributed by atoms with E-state index in [4.69, 9.17) is 0 Å². The Morgan fingerprint density at radius 2 is 1.91 bits per heavy atom. The van der Waals surface area contributed by atoms with Crippen molar-refractivity contribution in [3.8, 4) is 0 Å². The van der Waals surface area contributed by atoms with Crippen LogP contribution in [-0.2, 0) is 0 Å². The van der Waals surface area contributed by atoms with E-state index in [9.17, 15) is 5.11 Å². The fraction of sp³-hybridized carbons (Fsp3) is 0.941. The number of nitrogens with zero attached hydrogens (tertiary/aromatic N) is 2. The lowest BCUT2D eigenvalue weighted by molar-refractivity contribution is 0.0417. The molecule has 2 rings (SSSR count). The van der Waals surface area contributed by atoms with Crippen LogP contribution < -0.4 is 10.6 Å². The molecule has 2 aliphatic rings. The summed E-state index contributed by atoms with van der Waals surface area (Å²) in [6, 6.07) is 1.95. The number of rotatable bonds is 7. The zero-order valence-corrected chi connectivity index (χ0v) is 17.5. The van der Waals surface area contributed by atoms with Crippen molar-refractivity contribution in [3.05, 3.63) is 0 Å². The molecule has 1 aliphatic carbocycles. The van der Waals surface area contributed by atoms with Gasteiger partial charge in [0.15, 0.2) is 5.96 Å². The lowest BCUT2D eigenvalue weighted by atomic mass is 9.98. The van der Waals surface area contributed by atoms with Crippen molar-refractivity contribution in [2.75, 3.05) is 19.6 Å². The van der Waals surface area contributed by atoms with Crippen LogP contribution in [0.4, 0.5) is 0 Å². The third-order valence-electron chi connectivity index (χ3n) is 5.17. The molecule has 1 saturated heterocycles. The minimum atomic E-state index is -0.675. The quantitative estimate of drug-likeness (QED) is 0.325. The number of hydrogen-bond donors (Lipinski definition) is 3. The molecule has 0 spiro atoms. The van der Waals surface area contributed by atoms with Crippen LogP contribution in [-0.4, -0.2) is 59.3 Å². The second kappa shape index (κ2) is 9.42. The van der Waals surface area contributed by atoms with Crippen LogP contribution in [0.15, 0.2) is 4.99 Å². The van der Waals surface area contributed by atoms with Gasteiger partial charge < -0.3 is 15.7 Å². The van der Waals surface area contributed by atoms with Gasteiger partial charge in [0.25, 0.3) is 0 Å². The van der Waals surface area contributed by atoms with E-state index < -0.39 is 5.60 Å². The molecule has 23 heavy (non-hydrogen) atoms. The summed E-state index contributed by atoms with van der Waals surface area (Å²) in [5.74, 6) is 0.845. The van der Waals surface area contributed by atoms with Gasteiger partial charge in [0, 0.05) is 31.2 Å². The van der Waals surface area contributed by atoms with E-state index in [2.05, 4.69) is 34.4 Å². The minimum absolute atomic E-state index is 0. The topological polar surface area (TPSA) is 59.9 Å². The van der Waals surface area contributed by atoms with Gasteiger partial charge in [-0.15, -0.1) is 24.0 Å². The molecular formula is C17H35IN4O. The Kier molecular flexibility index (Phi) is 8.58. The summed E-state index contributed by atoms with van der Waals surface area (Å²) in [6.07, 6.45) is 5.38. The van der Waals surface area contributed by atoms with E-state index in [0.29, 0.717) is 18.6 Å². The highest BCUT2D eigenvalue weighted by Gasteiger charge is 2.38. The minimum Gasteiger partial charge on any atom is -0.388 e. The fourth-order valence-electron chi connectivity index (χ4n) is 3.29. The molecule has 0 amide bonds. The number of aliphatic imine (C=N–C) groups is 1. The van der Waals surface area contributed by atoms with Crippen molar-refractivity contribution < 1.29 is 5.11 Å². The van der Waals surface area contributed by atoms with Crippen LogP contribution in [0.5, 0.6) is 0 Å². The number of hydrogen-bond acceptors (Lipinski definition) is 3. The van der Waals surface area contributed by atoms with E-state index in [0.717, 1.165) is 37.9 Å². The summed E-state index contributed by atoms with van der Waals surface area (Å²) in [5.41, 5.74) is -0.675. The van der Waals surface area contributed by atoms with Crippen molar-refractivity contribution in [2.45, 2.75) is 83.5 Å². The van der Waals surface area contributed by atoms with Gasteiger partial charge in [-0.25, -0.2) is 0 Å². The van der Waals surface area contributed by atoms with E-state index in [1.165, 1.54) is 19.3 Å². The van der Waals surface area contributed by atoms with Gasteiger partial charge >= 0.3 is 0 Å². The molecule has 0 bridgehead atoms. The van der Waals surface area contributed by atoms with Crippen LogP contribution in [0.1, 0.15) is 59.8 Å². The Morgan fingerprint density at radius 3 is 2.43 bits per heavy atom. The molecule has 2 unspecified atom stereocenters. The molecule has 2 fully saturated rings. The van der Waals surface area contributed by atoms with Crippen LogP contribution in [0.2, 0.25) is 0 Å². The van der Waals surface area contributed by atoms with Crippen molar-refractivity contribution in [2.24, 2.45) is 4.99 Å². The van der Waals surface area contributed by atoms with Crippen LogP contribution in [0, 0.1) is 0 Å². The van der Waals surface area contributed by atoms with Crippen LogP contribution in [0.25, 0.3) is 0 Å². The molecule has 0 aromatic heterocycles. The molecule has 0 aromatic rings. The molecule has 0 radical (unpaired) electrons. The highest BCUT2D eigenvalue weighted by molar-refractivity contribution is 14.0. The summed E-state index contributed by atoms with van der Waals surface area (Å²) in [7, 11) is 0. The monoisotopic (exact) mass is 438 g/mol. The maximum Gasteiger partial charge on any atom is 0.191 e. The second-order valence-electron chi connectivity index (χ2n) is 6.98. The predicted molar refractivity (Wildman–Crippen MR) is 108 cm³/mol. The summed E-state index contributed by atoms with van der Waals surface area (Å²) in [6.45, 7) is 10.9. The molecular weight excluding hydrogens is 403 g/mol. The van der Waals surface area contributed by atoms with Gasteiger partial charge in [-0.05, 0) is 46.0 Å². The molecule has 2 atom stereocenters. The number of halogens is 1. The van der Waals surface area contributed by atoms with Crippen molar-refractivity contribution in [1.29, 1.82) is 0 Å². The summed E-state index contributed by atoms with van der Waals surface area (Å²) in [4.78, 5) is 7.26. The Labute approximate surface area is 158 Å². The first-order valence-corrected chi connectivity index (χ1v) is 9.04. The van der Waals surface area contributed by atoms with E-state index in [-0.39, 0.29) is 24.0 Å². The number of guanidine groups is 1.